The molecule has 1 aromatic rings. The van der Waals surface area contributed by atoms with Crippen LogP contribution in [0.5, 0.6) is 0 Å². The molecule has 0 spiro atoms. The number of nitrogens with zero attached hydrogens (tertiary/aromatic N) is 2. The van der Waals surface area contributed by atoms with E-state index in [1.54, 1.807) is 4.90 Å². The van der Waals surface area contributed by atoms with Gasteiger partial charge in [0.05, 0.1) is 13.0 Å². The van der Waals surface area contributed by atoms with E-state index in [1.807, 2.05) is 30.3 Å². The lowest BCUT2D eigenvalue weighted by Crippen LogP contribution is -2.61. The van der Waals surface area contributed by atoms with Gasteiger partial charge in [-0.3, -0.25) is 14.4 Å². The summed E-state index contributed by atoms with van der Waals surface area (Å²) >= 11 is 0. The van der Waals surface area contributed by atoms with E-state index in [2.05, 4.69) is 5.32 Å². The number of piperazine rings is 1. The third-order valence-electron chi connectivity index (χ3n) is 3.88. The Kier molecular flexibility index (Phi) is 5.14. The number of amides is 3. The minimum absolute atomic E-state index is 0.0247. The molecule has 1 unspecified atom stereocenters. The predicted octanol–water partition coefficient (Wildman–Crippen LogP) is 0.0344. The van der Waals surface area contributed by atoms with Gasteiger partial charge in [-0.15, -0.1) is 0 Å². The smallest absolute Gasteiger partial charge is 0.244 e. The summed E-state index contributed by atoms with van der Waals surface area (Å²) in [5, 5.41) is 2.56. The van der Waals surface area contributed by atoms with Crippen molar-refractivity contribution in [2.45, 2.75) is 19.4 Å². The Bertz CT molecular complexity index is 559. The maximum atomic E-state index is 12.4. The zero-order valence-electron chi connectivity index (χ0n) is 12.9. The molecule has 0 saturated carbocycles. The van der Waals surface area contributed by atoms with Gasteiger partial charge in [0.15, 0.2) is 0 Å². The van der Waals surface area contributed by atoms with Crippen molar-refractivity contribution in [2.24, 2.45) is 0 Å². The van der Waals surface area contributed by atoms with E-state index >= 15 is 0 Å². The Morgan fingerprint density at radius 2 is 1.86 bits per heavy atom. The largest absolute Gasteiger partial charge is 0.357 e. The maximum Gasteiger partial charge on any atom is 0.244 e. The summed E-state index contributed by atoms with van der Waals surface area (Å²) < 4.78 is 0. The van der Waals surface area contributed by atoms with Crippen LogP contribution >= 0.6 is 0 Å². The van der Waals surface area contributed by atoms with Gasteiger partial charge in [0.1, 0.15) is 6.04 Å². The molecule has 1 aromatic carbocycles. The molecule has 1 heterocycles. The average molecular weight is 303 g/mol. The second-order valence-corrected chi connectivity index (χ2v) is 5.34. The standard InChI is InChI=1S/C16H21N3O3/c1-12(20)19-9-8-18(11-14(19)16(22)17-2)15(21)10-13-6-4-3-5-7-13/h3-7,14H,8-11H2,1-2H3,(H,17,22). The highest BCUT2D eigenvalue weighted by Crippen LogP contribution is 2.12. The molecule has 6 heteroatoms. The molecule has 22 heavy (non-hydrogen) atoms. The molecule has 0 bridgehead atoms. The molecule has 2 rings (SSSR count). The number of hydrogen-bond donors (Lipinski definition) is 1. The summed E-state index contributed by atoms with van der Waals surface area (Å²) in [5.41, 5.74) is 0.943. The normalized spacial score (nSPS) is 18.0. The first-order valence-corrected chi connectivity index (χ1v) is 7.33. The average Bonchev–Trinajstić information content (AvgIpc) is 2.54. The highest BCUT2D eigenvalue weighted by molar-refractivity contribution is 5.88. The molecule has 118 valence electrons. The number of hydrogen-bond acceptors (Lipinski definition) is 3. The van der Waals surface area contributed by atoms with Crippen molar-refractivity contribution in [1.82, 2.24) is 15.1 Å². The van der Waals surface area contributed by atoms with Gasteiger partial charge in [-0.25, -0.2) is 0 Å². The lowest BCUT2D eigenvalue weighted by molar-refractivity contribution is -0.146. The molecule has 1 aliphatic rings. The Balaban J connectivity index is 2.05. The Morgan fingerprint density at radius 3 is 2.45 bits per heavy atom. The molecule has 1 saturated heterocycles. The topological polar surface area (TPSA) is 69.7 Å². The first-order valence-electron chi connectivity index (χ1n) is 7.33. The maximum absolute atomic E-state index is 12.4. The molecule has 1 atom stereocenters. The SMILES string of the molecule is CNC(=O)C1CN(C(=O)Cc2ccccc2)CCN1C(C)=O. The lowest BCUT2D eigenvalue weighted by atomic mass is 10.1. The van der Waals surface area contributed by atoms with E-state index in [0.29, 0.717) is 19.5 Å². The van der Waals surface area contributed by atoms with Crippen molar-refractivity contribution in [2.75, 3.05) is 26.7 Å². The van der Waals surface area contributed by atoms with Crippen LogP contribution in [0, 0.1) is 0 Å². The van der Waals surface area contributed by atoms with Crippen LogP contribution in [0.25, 0.3) is 0 Å². The molecule has 3 amide bonds. The third-order valence-corrected chi connectivity index (χ3v) is 3.88. The lowest BCUT2D eigenvalue weighted by Gasteiger charge is -2.40. The van der Waals surface area contributed by atoms with Crippen molar-refractivity contribution in [1.29, 1.82) is 0 Å². The fourth-order valence-corrected chi connectivity index (χ4v) is 2.66. The van der Waals surface area contributed by atoms with Crippen molar-refractivity contribution < 1.29 is 14.4 Å². The molecular formula is C16H21N3O3. The minimum atomic E-state index is -0.615. The Hall–Kier alpha value is -2.37. The van der Waals surface area contributed by atoms with Gasteiger partial charge in [-0.1, -0.05) is 30.3 Å². The summed E-state index contributed by atoms with van der Waals surface area (Å²) in [5.74, 6) is -0.417. The molecule has 0 aliphatic carbocycles. The second kappa shape index (κ2) is 7.06. The number of nitrogens with one attached hydrogen (secondary N) is 1. The number of rotatable bonds is 3. The number of likely N-dealkylation sites (N-methyl/N-ethyl adjacent to an activating group) is 1. The van der Waals surface area contributed by atoms with Crippen LogP contribution in [-0.4, -0.2) is 60.2 Å². The van der Waals surface area contributed by atoms with Crippen molar-refractivity contribution >= 4 is 17.7 Å². The molecule has 1 N–H and O–H groups in total. The molecule has 1 aliphatic heterocycles. The zero-order valence-corrected chi connectivity index (χ0v) is 12.9. The summed E-state index contributed by atoms with van der Waals surface area (Å²) in [6.07, 6.45) is 0.307. The highest BCUT2D eigenvalue weighted by atomic mass is 16.2. The van der Waals surface area contributed by atoms with Crippen LogP contribution in [0.3, 0.4) is 0 Å². The first-order chi connectivity index (χ1) is 10.5. The summed E-state index contributed by atoms with van der Waals surface area (Å²) in [7, 11) is 1.53. The monoisotopic (exact) mass is 303 g/mol. The Morgan fingerprint density at radius 1 is 1.18 bits per heavy atom. The molecule has 1 fully saturated rings. The van der Waals surface area contributed by atoms with Gasteiger partial charge in [0.2, 0.25) is 17.7 Å². The second-order valence-electron chi connectivity index (χ2n) is 5.34. The van der Waals surface area contributed by atoms with E-state index < -0.39 is 6.04 Å². The first kappa shape index (κ1) is 16.0. The quantitative estimate of drug-likeness (QED) is 0.857. The fourth-order valence-electron chi connectivity index (χ4n) is 2.66. The molecule has 0 aromatic heterocycles. The Labute approximate surface area is 130 Å². The van der Waals surface area contributed by atoms with Crippen LogP contribution in [0.15, 0.2) is 30.3 Å². The van der Waals surface area contributed by atoms with Crippen LogP contribution < -0.4 is 5.32 Å². The van der Waals surface area contributed by atoms with Crippen LogP contribution in [0.4, 0.5) is 0 Å². The highest BCUT2D eigenvalue weighted by Gasteiger charge is 2.34. The van der Waals surface area contributed by atoms with Crippen molar-refractivity contribution in [3.05, 3.63) is 35.9 Å². The van der Waals surface area contributed by atoms with Gasteiger partial charge in [0, 0.05) is 27.1 Å². The number of benzene rings is 1. The van der Waals surface area contributed by atoms with E-state index in [-0.39, 0.29) is 24.3 Å². The van der Waals surface area contributed by atoms with Crippen LogP contribution in [0.1, 0.15) is 12.5 Å². The molecular weight excluding hydrogens is 282 g/mol. The number of carbonyl (C=O) groups excluding carboxylic acids is 3. The van der Waals surface area contributed by atoms with E-state index in [0.717, 1.165) is 5.56 Å². The predicted molar refractivity (Wildman–Crippen MR) is 82.0 cm³/mol. The van der Waals surface area contributed by atoms with Crippen molar-refractivity contribution in [3.8, 4) is 0 Å². The molecule has 6 nitrogen and oxygen atoms in total. The zero-order chi connectivity index (χ0) is 16.1. The van der Waals surface area contributed by atoms with Gasteiger partial charge in [-0.2, -0.15) is 0 Å². The van der Waals surface area contributed by atoms with Crippen LogP contribution in [-0.2, 0) is 20.8 Å². The van der Waals surface area contributed by atoms with Gasteiger partial charge < -0.3 is 15.1 Å². The van der Waals surface area contributed by atoms with E-state index in [1.165, 1.54) is 18.9 Å². The number of carbonyl (C=O) groups is 3. The minimum Gasteiger partial charge on any atom is -0.357 e. The van der Waals surface area contributed by atoms with Gasteiger partial charge in [0.25, 0.3) is 0 Å². The van der Waals surface area contributed by atoms with E-state index in [9.17, 15) is 14.4 Å². The van der Waals surface area contributed by atoms with Gasteiger partial charge >= 0.3 is 0 Å². The summed E-state index contributed by atoms with van der Waals surface area (Å²) in [6, 6.07) is 8.88. The van der Waals surface area contributed by atoms with Gasteiger partial charge in [-0.05, 0) is 5.56 Å². The third kappa shape index (κ3) is 3.63. The molecule has 0 radical (unpaired) electrons. The fraction of sp³-hybridized carbons (Fsp3) is 0.438. The summed E-state index contributed by atoms with van der Waals surface area (Å²) in [6.45, 7) is 2.52. The van der Waals surface area contributed by atoms with E-state index in [4.69, 9.17) is 0 Å². The van der Waals surface area contributed by atoms with Crippen LogP contribution in [0.2, 0.25) is 0 Å². The summed E-state index contributed by atoms with van der Waals surface area (Å²) in [4.78, 5) is 39.2. The van der Waals surface area contributed by atoms with Crippen molar-refractivity contribution in [3.63, 3.8) is 0 Å².